The molecule has 3 aromatic rings. The highest BCUT2D eigenvalue weighted by atomic mass is 32.2. The number of hydrogen-bond acceptors (Lipinski definition) is 4. The number of hydrogen-bond donors (Lipinski definition) is 0. The van der Waals surface area contributed by atoms with Crippen LogP contribution in [0.4, 0.5) is 5.69 Å². The summed E-state index contributed by atoms with van der Waals surface area (Å²) in [7, 11) is -3.27. The number of carbonyl (C=O) groups is 1. The standard InChI is InChI=1S/C20H21N3O3S/c1-14-11-15-7-3-5-9-17(15)23(14)20(24)12-22-18-10-6-4-8-16(18)21-19(22)13-27(2,25)26/h3-10,14H,11-13H2,1-2H3. The molecule has 0 N–H and O–H groups in total. The lowest BCUT2D eigenvalue weighted by Crippen LogP contribution is -2.38. The summed E-state index contributed by atoms with van der Waals surface area (Å²) in [5.74, 6) is 0.138. The summed E-state index contributed by atoms with van der Waals surface area (Å²) in [4.78, 5) is 19.4. The predicted octanol–water partition coefficient (Wildman–Crippen LogP) is 2.56. The maximum Gasteiger partial charge on any atom is 0.247 e. The van der Waals surface area contributed by atoms with Crippen molar-refractivity contribution in [1.82, 2.24) is 9.55 Å². The van der Waals surface area contributed by atoms with Gasteiger partial charge in [0.15, 0.2) is 9.84 Å². The third-order valence-electron chi connectivity index (χ3n) is 4.89. The van der Waals surface area contributed by atoms with Gasteiger partial charge in [0.1, 0.15) is 18.1 Å². The molecule has 1 amide bonds. The Bertz CT molecular complexity index is 1130. The Morgan fingerprint density at radius 1 is 1.15 bits per heavy atom. The SMILES string of the molecule is CC1Cc2ccccc2N1C(=O)Cn1c(CS(C)(=O)=O)nc2ccccc21. The van der Waals surface area contributed by atoms with Crippen LogP contribution in [0.15, 0.2) is 48.5 Å². The van der Waals surface area contributed by atoms with E-state index >= 15 is 0 Å². The fraction of sp³-hybridized carbons (Fsp3) is 0.300. The van der Waals surface area contributed by atoms with E-state index in [1.165, 1.54) is 6.26 Å². The second-order valence-electron chi connectivity index (χ2n) is 7.12. The molecular formula is C20H21N3O3S. The molecule has 2 heterocycles. The zero-order chi connectivity index (χ0) is 19.2. The van der Waals surface area contributed by atoms with Crippen LogP contribution in [0.5, 0.6) is 0 Å². The van der Waals surface area contributed by atoms with Crippen LogP contribution in [0, 0.1) is 0 Å². The number of anilines is 1. The van der Waals surface area contributed by atoms with Crippen LogP contribution in [-0.4, -0.2) is 36.2 Å². The molecule has 1 aromatic heterocycles. The van der Waals surface area contributed by atoms with E-state index in [2.05, 4.69) is 4.98 Å². The van der Waals surface area contributed by atoms with Crippen LogP contribution < -0.4 is 4.90 Å². The molecule has 1 aliphatic heterocycles. The van der Waals surface area contributed by atoms with Gasteiger partial charge in [0.25, 0.3) is 0 Å². The van der Waals surface area contributed by atoms with E-state index in [0.29, 0.717) is 11.3 Å². The monoisotopic (exact) mass is 383 g/mol. The van der Waals surface area contributed by atoms with Crippen molar-refractivity contribution in [3.05, 3.63) is 59.9 Å². The van der Waals surface area contributed by atoms with E-state index in [0.717, 1.165) is 23.2 Å². The highest BCUT2D eigenvalue weighted by Gasteiger charge is 2.31. The minimum Gasteiger partial charge on any atom is -0.318 e. The molecule has 140 valence electrons. The molecule has 1 unspecified atom stereocenters. The Balaban J connectivity index is 1.73. The summed E-state index contributed by atoms with van der Waals surface area (Å²) in [5.41, 5.74) is 3.55. The van der Waals surface area contributed by atoms with Crippen LogP contribution in [-0.2, 0) is 33.4 Å². The zero-order valence-corrected chi connectivity index (χ0v) is 16.1. The number of fused-ring (bicyclic) bond motifs is 2. The van der Waals surface area contributed by atoms with E-state index in [4.69, 9.17) is 0 Å². The first-order chi connectivity index (χ1) is 12.8. The molecule has 0 bridgehead atoms. The van der Waals surface area contributed by atoms with Crippen molar-refractivity contribution < 1.29 is 13.2 Å². The molecule has 6 nitrogen and oxygen atoms in total. The van der Waals surface area contributed by atoms with Gasteiger partial charge in [0.05, 0.1) is 11.0 Å². The molecule has 0 saturated carbocycles. The lowest BCUT2D eigenvalue weighted by atomic mass is 10.1. The van der Waals surface area contributed by atoms with Gasteiger partial charge >= 0.3 is 0 Å². The van der Waals surface area contributed by atoms with E-state index in [-0.39, 0.29) is 24.2 Å². The molecule has 0 radical (unpaired) electrons. The van der Waals surface area contributed by atoms with Gasteiger partial charge in [-0.05, 0) is 37.1 Å². The van der Waals surface area contributed by atoms with Gasteiger partial charge in [-0.2, -0.15) is 0 Å². The predicted molar refractivity (Wildman–Crippen MR) is 105 cm³/mol. The Morgan fingerprint density at radius 3 is 2.63 bits per heavy atom. The lowest BCUT2D eigenvalue weighted by molar-refractivity contribution is -0.119. The van der Waals surface area contributed by atoms with Crippen LogP contribution in [0.3, 0.4) is 0 Å². The molecule has 27 heavy (non-hydrogen) atoms. The number of rotatable bonds is 4. The number of carbonyl (C=O) groups excluding carboxylic acids is 1. The van der Waals surface area contributed by atoms with Crippen molar-refractivity contribution in [1.29, 1.82) is 0 Å². The Hall–Kier alpha value is -2.67. The second-order valence-corrected chi connectivity index (χ2v) is 9.26. The maximum atomic E-state index is 13.2. The summed E-state index contributed by atoms with van der Waals surface area (Å²) in [5, 5.41) is 0. The topological polar surface area (TPSA) is 72.3 Å². The van der Waals surface area contributed by atoms with Gasteiger partial charge in [-0.15, -0.1) is 0 Å². The second kappa shape index (κ2) is 6.49. The number of aromatic nitrogens is 2. The number of para-hydroxylation sites is 3. The van der Waals surface area contributed by atoms with Crippen molar-refractivity contribution in [2.24, 2.45) is 0 Å². The smallest absolute Gasteiger partial charge is 0.247 e. The first kappa shape index (κ1) is 17.7. The summed E-state index contributed by atoms with van der Waals surface area (Å²) in [6, 6.07) is 15.4. The molecule has 0 spiro atoms. The summed E-state index contributed by atoms with van der Waals surface area (Å²) >= 11 is 0. The van der Waals surface area contributed by atoms with Gasteiger partial charge in [-0.1, -0.05) is 30.3 Å². The van der Waals surface area contributed by atoms with Crippen LogP contribution in [0.25, 0.3) is 11.0 Å². The van der Waals surface area contributed by atoms with Crippen molar-refractivity contribution >= 4 is 32.5 Å². The molecule has 2 aromatic carbocycles. The van der Waals surface area contributed by atoms with Gasteiger partial charge < -0.3 is 9.47 Å². The van der Waals surface area contributed by atoms with Gasteiger partial charge in [0.2, 0.25) is 5.91 Å². The average Bonchev–Trinajstić information content (AvgIpc) is 3.10. The summed E-state index contributed by atoms with van der Waals surface area (Å²) in [6.07, 6.45) is 2.00. The van der Waals surface area contributed by atoms with Crippen molar-refractivity contribution in [2.45, 2.75) is 31.7 Å². The summed E-state index contributed by atoms with van der Waals surface area (Å²) < 4.78 is 25.4. The Labute approximate surface area is 158 Å². The first-order valence-electron chi connectivity index (χ1n) is 8.85. The third-order valence-corrected chi connectivity index (χ3v) is 5.68. The molecule has 1 aliphatic rings. The van der Waals surface area contributed by atoms with Gasteiger partial charge in [0, 0.05) is 18.0 Å². The van der Waals surface area contributed by atoms with Crippen molar-refractivity contribution in [3.8, 4) is 0 Å². The van der Waals surface area contributed by atoms with Crippen LogP contribution in [0.2, 0.25) is 0 Å². The first-order valence-corrected chi connectivity index (χ1v) is 10.9. The fourth-order valence-corrected chi connectivity index (χ4v) is 4.49. The quantitative estimate of drug-likeness (QED) is 0.694. The molecular weight excluding hydrogens is 362 g/mol. The lowest BCUT2D eigenvalue weighted by Gasteiger charge is -2.23. The minimum atomic E-state index is -3.27. The van der Waals surface area contributed by atoms with Gasteiger partial charge in [-0.25, -0.2) is 13.4 Å². The number of amides is 1. The Morgan fingerprint density at radius 2 is 1.85 bits per heavy atom. The maximum absolute atomic E-state index is 13.2. The van der Waals surface area contributed by atoms with Gasteiger partial charge in [-0.3, -0.25) is 4.79 Å². The fourth-order valence-electron chi connectivity index (χ4n) is 3.80. The number of imidazole rings is 1. The van der Waals surface area contributed by atoms with Crippen molar-refractivity contribution in [3.63, 3.8) is 0 Å². The Kier molecular flexibility index (Phi) is 4.26. The van der Waals surface area contributed by atoms with E-state index in [1.54, 1.807) is 4.57 Å². The van der Waals surface area contributed by atoms with E-state index < -0.39 is 9.84 Å². The number of benzene rings is 2. The third kappa shape index (κ3) is 3.35. The van der Waals surface area contributed by atoms with E-state index in [1.807, 2.05) is 60.4 Å². The molecule has 4 rings (SSSR count). The minimum absolute atomic E-state index is 0.0596. The summed E-state index contributed by atoms with van der Waals surface area (Å²) in [6.45, 7) is 2.09. The normalized spacial score (nSPS) is 16.7. The van der Waals surface area contributed by atoms with Crippen molar-refractivity contribution in [2.75, 3.05) is 11.2 Å². The zero-order valence-electron chi connectivity index (χ0n) is 15.3. The molecule has 0 saturated heterocycles. The average molecular weight is 383 g/mol. The molecule has 0 fully saturated rings. The molecule has 0 aliphatic carbocycles. The van der Waals surface area contributed by atoms with E-state index in [9.17, 15) is 13.2 Å². The number of sulfone groups is 1. The number of nitrogens with zero attached hydrogens (tertiary/aromatic N) is 3. The molecule has 7 heteroatoms. The van der Waals surface area contributed by atoms with Crippen LogP contribution in [0.1, 0.15) is 18.3 Å². The largest absolute Gasteiger partial charge is 0.318 e. The highest BCUT2D eigenvalue weighted by Crippen LogP contribution is 2.32. The molecule has 1 atom stereocenters. The van der Waals surface area contributed by atoms with Crippen LogP contribution >= 0.6 is 0 Å². The highest BCUT2D eigenvalue weighted by molar-refractivity contribution is 7.89.